The first-order valence-electron chi connectivity index (χ1n) is 11.4. The number of benzene rings is 2. The highest BCUT2D eigenvalue weighted by Crippen LogP contribution is 2.31. The van der Waals surface area contributed by atoms with E-state index in [1.54, 1.807) is 17.0 Å². The van der Waals surface area contributed by atoms with Crippen molar-refractivity contribution in [2.45, 2.75) is 20.4 Å². The fraction of sp³-hybridized carbons (Fsp3) is 0.143. The molecule has 2 aromatic carbocycles. The first kappa shape index (κ1) is 25.8. The van der Waals surface area contributed by atoms with E-state index in [0.717, 1.165) is 5.39 Å². The van der Waals surface area contributed by atoms with Crippen molar-refractivity contribution in [1.29, 1.82) is 0 Å². The largest absolute Gasteiger partial charge is 0.467 e. The number of aromatic nitrogens is 5. The fourth-order valence-electron chi connectivity index (χ4n) is 4.20. The van der Waals surface area contributed by atoms with Gasteiger partial charge in [-0.3, -0.25) is 9.36 Å². The Morgan fingerprint density at radius 2 is 1.79 bits per heavy atom. The summed E-state index contributed by atoms with van der Waals surface area (Å²) in [5.74, 6) is 0.346. The van der Waals surface area contributed by atoms with Gasteiger partial charge in [0.05, 0.1) is 25.1 Å². The molecular weight excluding hydrogens is 480 g/mol. The van der Waals surface area contributed by atoms with Crippen LogP contribution in [0.1, 0.15) is 26.1 Å². The van der Waals surface area contributed by atoms with Crippen LogP contribution in [0.2, 0.25) is 0 Å². The van der Waals surface area contributed by atoms with Crippen LogP contribution in [0, 0.1) is 6.57 Å². The van der Waals surface area contributed by atoms with Crippen LogP contribution >= 0.6 is 0 Å². The summed E-state index contributed by atoms with van der Waals surface area (Å²) in [5, 5.41) is 4.52. The average molecular weight is 507 g/mol. The molecule has 3 aromatic heterocycles. The maximum atomic E-state index is 14.2. The molecule has 0 amide bonds. The molecule has 0 aliphatic heterocycles. The maximum Gasteiger partial charge on any atom is 0.316 e. The fourth-order valence-corrected chi connectivity index (χ4v) is 4.20. The van der Waals surface area contributed by atoms with Crippen molar-refractivity contribution in [2.75, 3.05) is 18.2 Å². The molecule has 3 heterocycles. The first-order chi connectivity index (χ1) is 18.0. The summed E-state index contributed by atoms with van der Waals surface area (Å²) < 4.78 is 6.74. The lowest BCUT2D eigenvalue weighted by Gasteiger charge is -2.22. The van der Waals surface area contributed by atoms with Crippen LogP contribution in [-0.4, -0.2) is 31.6 Å². The van der Waals surface area contributed by atoms with Gasteiger partial charge >= 0.3 is 6.01 Å². The van der Waals surface area contributed by atoms with Gasteiger partial charge in [-0.25, -0.2) is 24.8 Å². The van der Waals surface area contributed by atoms with Crippen LogP contribution in [0.4, 0.5) is 17.5 Å². The number of rotatable bonds is 6. The molecule has 10 nitrogen and oxygen atoms in total. The summed E-state index contributed by atoms with van der Waals surface area (Å²) in [5.41, 5.74) is 8.58. The molecule has 3 N–H and O–H groups in total. The highest BCUT2D eigenvalue weighted by Gasteiger charge is 2.20. The lowest BCUT2D eigenvalue weighted by atomic mass is 9.99. The minimum atomic E-state index is -0.417. The summed E-state index contributed by atoms with van der Waals surface area (Å²) in [4.78, 5) is 34.2. The number of ether oxygens (including phenoxy) is 1. The Morgan fingerprint density at radius 1 is 1.05 bits per heavy atom. The second kappa shape index (κ2) is 10.8. The van der Waals surface area contributed by atoms with Gasteiger partial charge in [-0.05, 0) is 36.1 Å². The van der Waals surface area contributed by atoms with Gasteiger partial charge in [-0.2, -0.15) is 0 Å². The van der Waals surface area contributed by atoms with Crippen LogP contribution in [-0.2, 0) is 0 Å². The maximum absolute atomic E-state index is 14.2. The van der Waals surface area contributed by atoms with E-state index in [1.807, 2.05) is 61.5 Å². The Hall–Kier alpha value is -5.30. The standard InChI is InChI=1S/C27H22N8O2.CH4/c1-16(33-24-21(29-2)15-30-26(28)34-24)22-12-17-8-7-11-20(18-13-31-27(37-3)32-14-18)23(17)25(36)35(22)19-9-5-4-6-10-19;/h4-16H,1,3H3,(H3,28,30,33,34);1H4/t16-;/m0./s1. The molecule has 0 fully saturated rings. The van der Waals surface area contributed by atoms with E-state index in [-0.39, 0.29) is 30.6 Å². The van der Waals surface area contributed by atoms with Crippen LogP contribution in [0.5, 0.6) is 6.01 Å². The zero-order valence-corrected chi connectivity index (χ0v) is 20.1. The van der Waals surface area contributed by atoms with Gasteiger partial charge in [0.1, 0.15) is 5.82 Å². The van der Waals surface area contributed by atoms with Crippen LogP contribution in [0.25, 0.3) is 32.4 Å². The summed E-state index contributed by atoms with van der Waals surface area (Å²) in [6.07, 6.45) is 4.64. The Balaban J connectivity index is 0.00000336. The average Bonchev–Trinajstić information content (AvgIpc) is 2.93. The number of anilines is 2. The van der Waals surface area contributed by atoms with Crippen molar-refractivity contribution in [2.24, 2.45) is 0 Å². The third kappa shape index (κ3) is 4.73. The summed E-state index contributed by atoms with van der Waals surface area (Å²) in [7, 11) is 1.50. The van der Waals surface area contributed by atoms with E-state index in [4.69, 9.17) is 17.0 Å². The number of hydrogen-bond donors (Lipinski definition) is 2. The van der Waals surface area contributed by atoms with Gasteiger partial charge in [0, 0.05) is 35.5 Å². The molecular formula is C28H26N8O2. The summed E-state index contributed by atoms with van der Waals surface area (Å²) in [6, 6.07) is 16.8. The number of pyridine rings is 1. The second-order valence-electron chi connectivity index (χ2n) is 8.21. The van der Waals surface area contributed by atoms with E-state index in [0.29, 0.717) is 33.7 Å². The smallest absolute Gasteiger partial charge is 0.316 e. The summed E-state index contributed by atoms with van der Waals surface area (Å²) in [6.45, 7) is 9.34. The SMILES string of the molecule is C.[C-]#[N+]c1cnc(N)nc1N[C@@H](C)c1cc2cccc(-c3cnc(OC)nc3)c2c(=O)n1-c1ccccc1. The van der Waals surface area contributed by atoms with Gasteiger partial charge < -0.3 is 15.8 Å². The Morgan fingerprint density at radius 3 is 2.47 bits per heavy atom. The zero-order chi connectivity index (χ0) is 25.9. The molecule has 0 aliphatic rings. The molecule has 0 saturated carbocycles. The van der Waals surface area contributed by atoms with E-state index >= 15 is 0 Å². The number of nitrogens with one attached hydrogen (secondary N) is 1. The van der Waals surface area contributed by atoms with E-state index < -0.39 is 6.04 Å². The zero-order valence-electron chi connectivity index (χ0n) is 20.1. The third-order valence-corrected chi connectivity index (χ3v) is 5.92. The number of para-hydroxylation sites is 1. The van der Waals surface area contributed by atoms with Crippen molar-refractivity contribution in [3.05, 3.63) is 101 Å². The van der Waals surface area contributed by atoms with Crippen molar-refractivity contribution in [1.82, 2.24) is 24.5 Å². The van der Waals surface area contributed by atoms with Crippen molar-refractivity contribution >= 4 is 28.2 Å². The Kier molecular flexibility index (Phi) is 7.30. The molecule has 5 aromatic rings. The van der Waals surface area contributed by atoms with Gasteiger partial charge in [0.2, 0.25) is 11.6 Å². The molecule has 0 saturated heterocycles. The number of nitrogens with zero attached hydrogens (tertiary/aromatic N) is 6. The van der Waals surface area contributed by atoms with Gasteiger partial charge in [-0.1, -0.05) is 43.8 Å². The Labute approximate surface area is 219 Å². The third-order valence-electron chi connectivity index (χ3n) is 5.92. The second-order valence-corrected chi connectivity index (χ2v) is 8.21. The van der Waals surface area contributed by atoms with Crippen molar-refractivity contribution in [3.8, 4) is 22.8 Å². The molecule has 38 heavy (non-hydrogen) atoms. The highest BCUT2D eigenvalue weighted by atomic mass is 16.5. The van der Waals surface area contributed by atoms with Crippen molar-refractivity contribution < 1.29 is 4.74 Å². The van der Waals surface area contributed by atoms with Crippen LogP contribution in [0.3, 0.4) is 0 Å². The molecule has 0 spiro atoms. The minimum absolute atomic E-state index is 0. The lowest BCUT2D eigenvalue weighted by Crippen LogP contribution is -2.26. The predicted octanol–water partition coefficient (Wildman–Crippen LogP) is 5.19. The number of nitrogen functional groups attached to an aromatic ring is 1. The van der Waals surface area contributed by atoms with Gasteiger partial charge in [-0.15, -0.1) is 0 Å². The number of fused-ring (bicyclic) bond motifs is 1. The Bertz CT molecular complexity index is 1690. The molecule has 5 rings (SSSR count). The van der Waals surface area contributed by atoms with E-state index in [2.05, 4.69) is 30.1 Å². The molecule has 0 unspecified atom stereocenters. The molecule has 0 aliphatic carbocycles. The monoisotopic (exact) mass is 506 g/mol. The topological polar surface area (TPSA) is 125 Å². The van der Waals surface area contributed by atoms with Gasteiger partial charge in [0.25, 0.3) is 5.56 Å². The first-order valence-corrected chi connectivity index (χ1v) is 11.4. The van der Waals surface area contributed by atoms with E-state index in [1.165, 1.54) is 13.3 Å². The van der Waals surface area contributed by atoms with Crippen LogP contribution in [0.15, 0.2) is 78.0 Å². The van der Waals surface area contributed by atoms with E-state index in [9.17, 15) is 4.79 Å². The van der Waals surface area contributed by atoms with Crippen molar-refractivity contribution in [3.63, 3.8) is 0 Å². The number of nitrogens with two attached hydrogens (primary N) is 1. The summed E-state index contributed by atoms with van der Waals surface area (Å²) >= 11 is 0. The predicted molar refractivity (Wildman–Crippen MR) is 149 cm³/mol. The normalized spacial score (nSPS) is 11.3. The molecule has 190 valence electrons. The number of methoxy groups -OCH3 is 1. The molecule has 10 heteroatoms. The quantitative estimate of drug-likeness (QED) is 0.302. The molecule has 1 atom stereocenters. The minimum Gasteiger partial charge on any atom is -0.467 e. The lowest BCUT2D eigenvalue weighted by molar-refractivity contribution is 0.380. The number of hydrogen-bond acceptors (Lipinski definition) is 8. The van der Waals surface area contributed by atoms with Gasteiger partial charge in [0.15, 0.2) is 0 Å². The molecule has 0 radical (unpaired) electrons. The van der Waals surface area contributed by atoms with Crippen LogP contribution < -0.4 is 21.3 Å². The molecule has 0 bridgehead atoms. The highest BCUT2D eigenvalue weighted by molar-refractivity contribution is 5.96.